The molecule has 3 fully saturated rings. The third-order valence-corrected chi connectivity index (χ3v) is 6.67. The largest absolute Gasteiger partial charge is 0.392 e. The molecule has 1 unspecified atom stereocenters. The van der Waals surface area contributed by atoms with Crippen molar-refractivity contribution < 1.29 is 10.2 Å². The average molecular weight is 349 g/mol. The highest BCUT2D eigenvalue weighted by molar-refractivity contribution is 5.61. The van der Waals surface area contributed by atoms with E-state index in [2.05, 4.69) is 36.3 Å². The standard InChI is InChI=1S/C21H36N2O2/c1-23(2)10-9-22-14-15-11-17-13-21(25)18(19(17)12-15)7-8-20(24)16-5-3-4-6-16/h7-8,14-21,24-25H,3-6,9-13H2,1-2H3/t15?,17-,18+,19-,20+,21+/m0/s1. The molecular formula is C21H36N2O2. The minimum absolute atomic E-state index is 0.223. The van der Waals surface area contributed by atoms with Crippen LogP contribution in [0.25, 0.3) is 0 Å². The molecular weight excluding hydrogens is 312 g/mol. The van der Waals surface area contributed by atoms with Gasteiger partial charge in [-0.05, 0) is 69.9 Å². The van der Waals surface area contributed by atoms with Gasteiger partial charge in [0.15, 0.2) is 0 Å². The molecule has 3 aliphatic rings. The lowest BCUT2D eigenvalue weighted by atomic mass is 9.89. The molecule has 0 aromatic rings. The van der Waals surface area contributed by atoms with Crippen LogP contribution in [-0.2, 0) is 0 Å². The van der Waals surface area contributed by atoms with Gasteiger partial charge in [-0.25, -0.2) is 0 Å². The van der Waals surface area contributed by atoms with Crippen molar-refractivity contribution in [2.45, 2.75) is 57.2 Å². The molecule has 142 valence electrons. The fraction of sp³-hybridized carbons (Fsp3) is 0.857. The molecule has 0 saturated heterocycles. The highest BCUT2D eigenvalue weighted by Crippen LogP contribution is 2.50. The normalized spacial score (nSPS) is 37.7. The highest BCUT2D eigenvalue weighted by atomic mass is 16.3. The van der Waals surface area contributed by atoms with Gasteiger partial charge < -0.3 is 15.1 Å². The summed E-state index contributed by atoms with van der Waals surface area (Å²) in [5, 5.41) is 20.8. The van der Waals surface area contributed by atoms with Crippen molar-refractivity contribution in [1.82, 2.24) is 4.90 Å². The summed E-state index contributed by atoms with van der Waals surface area (Å²) < 4.78 is 0. The summed E-state index contributed by atoms with van der Waals surface area (Å²) in [6, 6.07) is 0. The summed E-state index contributed by atoms with van der Waals surface area (Å²) in [7, 11) is 4.15. The van der Waals surface area contributed by atoms with Gasteiger partial charge in [0.1, 0.15) is 0 Å². The quantitative estimate of drug-likeness (QED) is 0.549. The van der Waals surface area contributed by atoms with Crippen molar-refractivity contribution >= 4 is 6.21 Å². The number of hydrogen-bond donors (Lipinski definition) is 2. The summed E-state index contributed by atoms with van der Waals surface area (Å²) in [5.74, 6) is 2.41. The minimum atomic E-state index is -0.321. The molecule has 0 heterocycles. The van der Waals surface area contributed by atoms with Crippen molar-refractivity contribution in [2.75, 3.05) is 27.2 Å². The smallest absolute Gasteiger partial charge is 0.0749 e. The molecule has 25 heavy (non-hydrogen) atoms. The molecule has 0 radical (unpaired) electrons. The van der Waals surface area contributed by atoms with Crippen LogP contribution in [0, 0.1) is 29.6 Å². The predicted molar refractivity (Wildman–Crippen MR) is 103 cm³/mol. The molecule has 0 bridgehead atoms. The van der Waals surface area contributed by atoms with Crippen molar-refractivity contribution in [3.8, 4) is 0 Å². The van der Waals surface area contributed by atoms with Gasteiger partial charge in [-0.15, -0.1) is 0 Å². The average Bonchev–Trinajstić information content (AvgIpc) is 3.26. The van der Waals surface area contributed by atoms with Crippen LogP contribution in [-0.4, -0.2) is 60.7 Å². The summed E-state index contributed by atoms with van der Waals surface area (Å²) in [5.41, 5.74) is 0. The van der Waals surface area contributed by atoms with E-state index in [4.69, 9.17) is 0 Å². The first-order chi connectivity index (χ1) is 12.0. The minimum Gasteiger partial charge on any atom is -0.392 e. The number of aliphatic imine (C=N–C) groups is 1. The maximum atomic E-state index is 10.5. The lowest BCUT2D eigenvalue weighted by Crippen LogP contribution is -2.20. The zero-order chi connectivity index (χ0) is 17.8. The molecule has 0 aliphatic heterocycles. The maximum Gasteiger partial charge on any atom is 0.0749 e. The highest BCUT2D eigenvalue weighted by Gasteiger charge is 2.46. The van der Waals surface area contributed by atoms with Crippen molar-refractivity contribution in [3.63, 3.8) is 0 Å². The van der Waals surface area contributed by atoms with Gasteiger partial charge >= 0.3 is 0 Å². The number of aliphatic hydroxyl groups excluding tert-OH is 2. The second-order valence-electron chi connectivity index (χ2n) is 8.81. The fourth-order valence-corrected chi connectivity index (χ4v) is 5.27. The third-order valence-electron chi connectivity index (χ3n) is 6.67. The molecule has 4 heteroatoms. The zero-order valence-electron chi connectivity index (χ0n) is 15.9. The van der Waals surface area contributed by atoms with Crippen molar-refractivity contribution in [3.05, 3.63) is 12.2 Å². The van der Waals surface area contributed by atoms with E-state index in [1.807, 2.05) is 6.08 Å². The number of rotatable bonds is 7. The molecule has 6 atom stereocenters. The van der Waals surface area contributed by atoms with Crippen LogP contribution in [0.15, 0.2) is 17.1 Å². The lowest BCUT2D eigenvalue weighted by molar-refractivity contribution is 0.133. The molecule has 0 amide bonds. The van der Waals surface area contributed by atoms with Gasteiger partial charge in [-0.3, -0.25) is 4.99 Å². The molecule has 0 aromatic carbocycles. The van der Waals surface area contributed by atoms with Crippen LogP contribution in [0.3, 0.4) is 0 Å². The Morgan fingerprint density at radius 2 is 1.92 bits per heavy atom. The topological polar surface area (TPSA) is 56.1 Å². The van der Waals surface area contributed by atoms with Crippen LogP contribution >= 0.6 is 0 Å². The second kappa shape index (κ2) is 8.79. The Morgan fingerprint density at radius 1 is 1.16 bits per heavy atom. The van der Waals surface area contributed by atoms with Crippen LogP contribution in [0.1, 0.15) is 44.9 Å². The Morgan fingerprint density at radius 3 is 2.64 bits per heavy atom. The summed E-state index contributed by atoms with van der Waals surface area (Å²) in [6.45, 7) is 1.87. The SMILES string of the molecule is CN(C)CCN=CC1C[C@H]2C[C@@H](O)[C@H](C=C[C@@H](O)C3CCCC3)[C@H]2C1. The Kier molecular flexibility index (Phi) is 6.70. The molecule has 0 aromatic heterocycles. The Bertz CT molecular complexity index is 471. The van der Waals surface area contributed by atoms with E-state index in [1.54, 1.807) is 0 Å². The molecule has 3 rings (SSSR count). The first kappa shape index (κ1) is 19.1. The molecule has 3 saturated carbocycles. The van der Waals surface area contributed by atoms with Gasteiger partial charge in [0.05, 0.1) is 18.8 Å². The van der Waals surface area contributed by atoms with E-state index >= 15 is 0 Å². The van der Waals surface area contributed by atoms with Crippen molar-refractivity contribution in [1.29, 1.82) is 0 Å². The summed E-state index contributed by atoms with van der Waals surface area (Å²) in [6.07, 6.45) is 13.8. The summed E-state index contributed by atoms with van der Waals surface area (Å²) in [4.78, 5) is 6.76. The summed E-state index contributed by atoms with van der Waals surface area (Å²) >= 11 is 0. The van der Waals surface area contributed by atoms with Gasteiger partial charge in [0.2, 0.25) is 0 Å². The van der Waals surface area contributed by atoms with Gasteiger partial charge in [0, 0.05) is 18.7 Å². The first-order valence-corrected chi connectivity index (χ1v) is 10.2. The Hall–Kier alpha value is -0.710. The predicted octanol–water partition coefficient (Wildman–Crippen LogP) is 2.75. The van der Waals surface area contributed by atoms with E-state index in [0.29, 0.717) is 23.7 Å². The fourth-order valence-electron chi connectivity index (χ4n) is 5.27. The number of hydrogen-bond acceptors (Lipinski definition) is 4. The third kappa shape index (κ3) is 4.93. The molecule has 4 nitrogen and oxygen atoms in total. The molecule has 3 aliphatic carbocycles. The van der Waals surface area contributed by atoms with Crippen LogP contribution in [0.2, 0.25) is 0 Å². The van der Waals surface area contributed by atoms with Gasteiger partial charge in [-0.2, -0.15) is 0 Å². The van der Waals surface area contributed by atoms with Crippen molar-refractivity contribution in [2.24, 2.45) is 34.6 Å². The number of aliphatic hydroxyl groups is 2. The number of fused-ring (bicyclic) bond motifs is 1. The lowest BCUT2D eigenvalue weighted by Gasteiger charge is -2.20. The number of likely N-dealkylation sites (N-methyl/N-ethyl adjacent to an activating group) is 1. The zero-order valence-corrected chi connectivity index (χ0v) is 15.9. The monoisotopic (exact) mass is 348 g/mol. The first-order valence-electron chi connectivity index (χ1n) is 10.2. The van der Waals surface area contributed by atoms with E-state index in [0.717, 1.165) is 38.8 Å². The van der Waals surface area contributed by atoms with Crippen LogP contribution in [0.4, 0.5) is 0 Å². The van der Waals surface area contributed by atoms with E-state index < -0.39 is 0 Å². The van der Waals surface area contributed by atoms with E-state index in [1.165, 1.54) is 19.3 Å². The van der Waals surface area contributed by atoms with Gasteiger partial charge in [0.25, 0.3) is 0 Å². The molecule has 0 spiro atoms. The van der Waals surface area contributed by atoms with Crippen LogP contribution in [0.5, 0.6) is 0 Å². The number of nitrogens with zero attached hydrogens (tertiary/aromatic N) is 2. The van der Waals surface area contributed by atoms with E-state index in [9.17, 15) is 10.2 Å². The van der Waals surface area contributed by atoms with E-state index in [-0.39, 0.29) is 18.1 Å². The molecule has 2 N–H and O–H groups in total. The second-order valence-corrected chi connectivity index (χ2v) is 8.81. The Balaban J connectivity index is 1.51. The van der Waals surface area contributed by atoms with Gasteiger partial charge in [-0.1, -0.05) is 25.0 Å². The maximum absolute atomic E-state index is 10.5. The van der Waals surface area contributed by atoms with Crippen LogP contribution < -0.4 is 0 Å². The Labute approximate surface area is 153 Å².